The maximum Gasteiger partial charge on any atom is 0.199 e. The Kier molecular flexibility index (Phi) is 2.56. The van der Waals surface area contributed by atoms with Crippen LogP contribution < -0.4 is 5.30 Å². The molecular formula is C14H11O2P. The maximum atomic E-state index is 9.22. The summed E-state index contributed by atoms with van der Waals surface area (Å²) in [5, 5.41) is 5.16. The normalized spacial score (nSPS) is 11.5. The zero-order valence-corrected chi connectivity index (χ0v) is 9.93. The molecule has 3 rings (SSSR count). The van der Waals surface area contributed by atoms with Crippen molar-refractivity contribution < 1.29 is 9.79 Å². The maximum absolute atomic E-state index is 9.22. The molecule has 0 heterocycles. The van der Waals surface area contributed by atoms with Crippen molar-refractivity contribution in [3.05, 3.63) is 54.6 Å². The molecule has 0 radical (unpaired) electrons. The van der Waals surface area contributed by atoms with E-state index in [1.807, 2.05) is 30.3 Å². The molecule has 84 valence electrons. The summed E-state index contributed by atoms with van der Waals surface area (Å²) in [6.07, 6.45) is 0. The molecule has 3 aromatic carbocycles. The number of hydrogen-bond donors (Lipinski definition) is 2. The fraction of sp³-hybridized carbons (Fsp3) is 0. The summed E-state index contributed by atoms with van der Waals surface area (Å²) in [5.74, 6) is 0. The summed E-state index contributed by atoms with van der Waals surface area (Å²) in [7, 11) is -2.01. The number of fused-ring (bicyclic) bond motifs is 3. The van der Waals surface area contributed by atoms with Crippen LogP contribution in [-0.4, -0.2) is 9.79 Å². The van der Waals surface area contributed by atoms with Crippen molar-refractivity contribution in [1.82, 2.24) is 0 Å². The predicted octanol–water partition coefficient (Wildman–Crippen LogP) is 2.91. The topological polar surface area (TPSA) is 40.5 Å². The average Bonchev–Trinajstić information content (AvgIpc) is 2.38. The number of benzene rings is 3. The molecule has 0 spiro atoms. The van der Waals surface area contributed by atoms with Gasteiger partial charge in [0.2, 0.25) is 0 Å². The van der Waals surface area contributed by atoms with E-state index in [0.29, 0.717) is 5.30 Å². The Morgan fingerprint density at radius 3 is 2.24 bits per heavy atom. The molecule has 0 aromatic heterocycles. The third-order valence-corrected chi connectivity index (χ3v) is 3.70. The van der Waals surface area contributed by atoms with Gasteiger partial charge in [0, 0.05) is 5.30 Å². The molecule has 0 amide bonds. The lowest BCUT2D eigenvalue weighted by atomic mass is 10.0. The van der Waals surface area contributed by atoms with E-state index in [4.69, 9.17) is 0 Å². The highest BCUT2D eigenvalue weighted by atomic mass is 31.2. The van der Waals surface area contributed by atoms with Crippen molar-refractivity contribution in [2.75, 3.05) is 0 Å². The highest BCUT2D eigenvalue weighted by Crippen LogP contribution is 2.28. The van der Waals surface area contributed by atoms with Crippen molar-refractivity contribution in [2.24, 2.45) is 0 Å². The standard InChI is InChI=1S/C14H11O2P/c15-17(16)12-7-8-14-11(9-12)6-5-10-3-1-2-4-13(10)14/h1-9,15-16H. The van der Waals surface area contributed by atoms with Crippen LogP contribution in [-0.2, 0) is 0 Å². The third-order valence-electron chi connectivity index (χ3n) is 2.96. The van der Waals surface area contributed by atoms with E-state index in [0.717, 1.165) is 10.8 Å². The monoisotopic (exact) mass is 242 g/mol. The summed E-state index contributed by atoms with van der Waals surface area (Å²) >= 11 is 0. The fourth-order valence-electron chi connectivity index (χ4n) is 2.12. The van der Waals surface area contributed by atoms with Crippen molar-refractivity contribution >= 4 is 35.2 Å². The first kappa shape index (κ1) is 10.7. The minimum atomic E-state index is -2.01. The zero-order chi connectivity index (χ0) is 11.8. The first-order valence-electron chi connectivity index (χ1n) is 5.35. The Hall–Kier alpha value is -1.47. The van der Waals surface area contributed by atoms with E-state index >= 15 is 0 Å². The second-order valence-corrected chi connectivity index (χ2v) is 5.08. The van der Waals surface area contributed by atoms with Gasteiger partial charge in [-0.25, -0.2) is 0 Å². The molecule has 0 aliphatic carbocycles. The molecule has 0 fully saturated rings. The molecule has 17 heavy (non-hydrogen) atoms. The van der Waals surface area contributed by atoms with Gasteiger partial charge in [-0.1, -0.05) is 42.5 Å². The zero-order valence-electron chi connectivity index (χ0n) is 9.04. The summed E-state index contributed by atoms with van der Waals surface area (Å²) in [5.41, 5.74) is 0. The number of rotatable bonds is 1. The largest absolute Gasteiger partial charge is 0.347 e. The second-order valence-electron chi connectivity index (χ2n) is 3.98. The lowest BCUT2D eigenvalue weighted by molar-refractivity contribution is 0.497. The highest BCUT2D eigenvalue weighted by Gasteiger charge is 2.06. The average molecular weight is 242 g/mol. The minimum Gasteiger partial charge on any atom is -0.347 e. The molecule has 0 bridgehead atoms. The summed E-state index contributed by atoms with van der Waals surface area (Å²) < 4.78 is 0. The van der Waals surface area contributed by atoms with Crippen LogP contribution >= 0.6 is 8.38 Å². The summed E-state index contributed by atoms with van der Waals surface area (Å²) in [6, 6.07) is 17.8. The van der Waals surface area contributed by atoms with Crippen molar-refractivity contribution in [1.29, 1.82) is 0 Å². The van der Waals surface area contributed by atoms with Crippen molar-refractivity contribution in [3.63, 3.8) is 0 Å². The van der Waals surface area contributed by atoms with Crippen LogP contribution in [0.15, 0.2) is 54.6 Å². The van der Waals surface area contributed by atoms with Gasteiger partial charge in [-0.05, 0) is 33.7 Å². The van der Waals surface area contributed by atoms with Gasteiger partial charge in [0.25, 0.3) is 0 Å². The summed E-state index contributed by atoms with van der Waals surface area (Å²) in [4.78, 5) is 18.4. The van der Waals surface area contributed by atoms with Crippen LogP contribution in [0.3, 0.4) is 0 Å². The van der Waals surface area contributed by atoms with E-state index in [9.17, 15) is 9.79 Å². The van der Waals surface area contributed by atoms with Crippen LogP contribution in [0, 0.1) is 0 Å². The van der Waals surface area contributed by atoms with Crippen molar-refractivity contribution in [3.8, 4) is 0 Å². The molecule has 0 unspecified atom stereocenters. The Bertz CT molecular complexity index is 692. The quantitative estimate of drug-likeness (QED) is 0.509. The van der Waals surface area contributed by atoms with E-state index in [-0.39, 0.29) is 0 Å². The van der Waals surface area contributed by atoms with E-state index < -0.39 is 8.38 Å². The highest BCUT2D eigenvalue weighted by molar-refractivity contribution is 7.54. The number of hydrogen-bond acceptors (Lipinski definition) is 2. The van der Waals surface area contributed by atoms with Crippen LogP contribution in [0.5, 0.6) is 0 Å². The van der Waals surface area contributed by atoms with E-state index in [2.05, 4.69) is 18.2 Å². The minimum absolute atomic E-state index is 0.586. The first-order chi connectivity index (χ1) is 8.25. The molecule has 0 saturated carbocycles. The van der Waals surface area contributed by atoms with Crippen LogP contribution in [0.4, 0.5) is 0 Å². The molecule has 0 atom stereocenters. The Labute approximate surface area is 100 Å². The Morgan fingerprint density at radius 2 is 1.41 bits per heavy atom. The van der Waals surface area contributed by atoms with Gasteiger partial charge < -0.3 is 9.79 Å². The van der Waals surface area contributed by atoms with Gasteiger partial charge in [-0.2, -0.15) is 0 Å². The van der Waals surface area contributed by atoms with Crippen molar-refractivity contribution in [2.45, 2.75) is 0 Å². The van der Waals surface area contributed by atoms with Gasteiger partial charge in [-0.15, -0.1) is 0 Å². The molecular weight excluding hydrogens is 231 g/mol. The van der Waals surface area contributed by atoms with Crippen LogP contribution in [0.1, 0.15) is 0 Å². The lowest BCUT2D eigenvalue weighted by Gasteiger charge is -2.07. The molecule has 0 aliphatic rings. The smallest absolute Gasteiger partial charge is 0.199 e. The third kappa shape index (κ3) is 1.81. The van der Waals surface area contributed by atoms with Gasteiger partial charge in [-0.3, -0.25) is 0 Å². The fourth-order valence-corrected chi connectivity index (χ4v) is 2.59. The molecule has 0 saturated heterocycles. The van der Waals surface area contributed by atoms with Crippen LogP contribution in [0.2, 0.25) is 0 Å². The molecule has 3 heteroatoms. The molecule has 2 N–H and O–H groups in total. The lowest BCUT2D eigenvalue weighted by Crippen LogP contribution is -1.98. The molecule has 0 aliphatic heterocycles. The Morgan fingerprint density at radius 1 is 0.706 bits per heavy atom. The first-order valence-corrected chi connectivity index (χ1v) is 6.60. The van der Waals surface area contributed by atoms with E-state index in [1.54, 1.807) is 6.07 Å². The van der Waals surface area contributed by atoms with Gasteiger partial charge in [0.05, 0.1) is 0 Å². The summed E-state index contributed by atoms with van der Waals surface area (Å²) in [6.45, 7) is 0. The SMILES string of the molecule is OP(O)c1ccc2c(ccc3ccccc32)c1. The van der Waals surface area contributed by atoms with Gasteiger partial charge in [0.15, 0.2) is 8.38 Å². The second kappa shape index (κ2) is 4.08. The van der Waals surface area contributed by atoms with Gasteiger partial charge in [0.1, 0.15) is 0 Å². The van der Waals surface area contributed by atoms with Gasteiger partial charge >= 0.3 is 0 Å². The van der Waals surface area contributed by atoms with E-state index in [1.165, 1.54) is 10.8 Å². The molecule has 2 nitrogen and oxygen atoms in total. The van der Waals surface area contributed by atoms with Crippen LogP contribution in [0.25, 0.3) is 21.5 Å². The molecule has 3 aromatic rings. The Balaban J connectivity index is 2.37. The predicted molar refractivity (Wildman–Crippen MR) is 72.4 cm³/mol.